The highest BCUT2D eigenvalue weighted by molar-refractivity contribution is 5.84. The Labute approximate surface area is 121 Å². The molecule has 3 atom stereocenters. The van der Waals surface area contributed by atoms with Gasteiger partial charge in [0.2, 0.25) is 5.91 Å². The lowest BCUT2D eigenvalue weighted by molar-refractivity contribution is -0.125. The standard InChI is InChI=1S/C17H26N2O/c1-13-8-6-7-11-17(13,12-18)19-16(20)14(2)15-9-4-3-5-10-15/h3-5,9-10,13-14H,6-8,11-12,18H2,1-2H3,(H,19,20). The van der Waals surface area contributed by atoms with E-state index in [4.69, 9.17) is 5.73 Å². The average molecular weight is 274 g/mol. The third-order valence-electron chi connectivity index (χ3n) is 4.88. The number of amides is 1. The molecule has 0 saturated heterocycles. The lowest BCUT2D eigenvalue weighted by atomic mass is 9.73. The molecule has 3 N–H and O–H groups in total. The lowest BCUT2D eigenvalue weighted by Gasteiger charge is -2.43. The Morgan fingerprint density at radius 1 is 1.40 bits per heavy atom. The van der Waals surface area contributed by atoms with Crippen LogP contribution in [0.1, 0.15) is 51.0 Å². The van der Waals surface area contributed by atoms with E-state index in [9.17, 15) is 4.79 Å². The first-order valence-electron chi connectivity index (χ1n) is 7.66. The van der Waals surface area contributed by atoms with Gasteiger partial charge in [0, 0.05) is 6.54 Å². The zero-order valence-corrected chi connectivity index (χ0v) is 12.6. The minimum Gasteiger partial charge on any atom is -0.349 e. The van der Waals surface area contributed by atoms with Crippen molar-refractivity contribution in [1.82, 2.24) is 5.32 Å². The molecule has 3 nitrogen and oxygen atoms in total. The summed E-state index contributed by atoms with van der Waals surface area (Å²) < 4.78 is 0. The average Bonchev–Trinajstić information content (AvgIpc) is 2.49. The summed E-state index contributed by atoms with van der Waals surface area (Å²) in [6.45, 7) is 4.70. The van der Waals surface area contributed by atoms with Crippen molar-refractivity contribution in [2.24, 2.45) is 11.7 Å². The molecular weight excluding hydrogens is 248 g/mol. The van der Waals surface area contributed by atoms with Crippen LogP contribution in [0.4, 0.5) is 0 Å². The van der Waals surface area contributed by atoms with Gasteiger partial charge in [-0.15, -0.1) is 0 Å². The van der Waals surface area contributed by atoms with Gasteiger partial charge in [-0.05, 0) is 31.2 Å². The van der Waals surface area contributed by atoms with E-state index in [1.165, 1.54) is 6.42 Å². The third kappa shape index (κ3) is 3.04. The first-order chi connectivity index (χ1) is 9.59. The Kier molecular flexibility index (Phi) is 4.81. The van der Waals surface area contributed by atoms with Gasteiger partial charge < -0.3 is 11.1 Å². The number of hydrogen-bond donors (Lipinski definition) is 2. The Balaban J connectivity index is 2.09. The number of carbonyl (C=O) groups excluding carboxylic acids is 1. The summed E-state index contributed by atoms with van der Waals surface area (Å²) >= 11 is 0. The van der Waals surface area contributed by atoms with Gasteiger partial charge in [-0.25, -0.2) is 0 Å². The predicted molar refractivity (Wildman–Crippen MR) is 82.4 cm³/mol. The topological polar surface area (TPSA) is 55.1 Å². The minimum atomic E-state index is -0.210. The van der Waals surface area contributed by atoms with Gasteiger partial charge in [0.1, 0.15) is 0 Å². The number of carbonyl (C=O) groups is 1. The molecule has 2 rings (SSSR count). The highest BCUT2D eigenvalue weighted by Crippen LogP contribution is 2.33. The Hall–Kier alpha value is -1.35. The van der Waals surface area contributed by atoms with Crippen LogP contribution in [0.5, 0.6) is 0 Å². The van der Waals surface area contributed by atoms with Crippen molar-refractivity contribution in [3.63, 3.8) is 0 Å². The fourth-order valence-electron chi connectivity index (χ4n) is 3.20. The maximum atomic E-state index is 12.6. The molecule has 0 spiro atoms. The van der Waals surface area contributed by atoms with Crippen LogP contribution in [-0.2, 0) is 4.79 Å². The van der Waals surface area contributed by atoms with Crippen LogP contribution in [0.25, 0.3) is 0 Å². The molecule has 0 radical (unpaired) electrons. The highest BCUT2D eigenvalue weighted by Gasteiger charge is 2.39. The van der Waals surface area contributed by atoms with Crippen molar-refractivity contribution in [3.8, 4) is 0 Å². The van der Waals surface area contributed by atoms with Gasteiger partial charge in [-0.3, -0.25) is 4.79 Å². The van der Waals surface area contributed by atoms with E-state index in [1.54, 1.807) is 0 Å². The molecule has 1 fully saturated rings. The fourth-order valence-corrected chi connectivity index (χ4v) is 3.20. The molecule has 1 aromatic rings. The van der Waals surface area contributed by atoms with Crippen molar-refractivity contribution >= 4 is 5.91 Å². The minimum absolute atomic E-state index is 0.0930. The molecule has 1 aliphatic rings. The fraction of sp³-hybridized carbons (Fsp3) is 0.588. The van der Waals surface area contributed by atoms with Crippen molar-refractivity contribution < 1.29 is 4.79 Å². The van der Waals surface area contributed by atoms with Gasteiger partial charge in [-0.2, -0.15) is 0 Å². The summed E-state index contributed by atoms with van der Waals surface area (Å²) in [6.07, 6.45) is 4.55. The van der Waals surface area contributed by atoms with E-state index in [1.807, 2.05) is 37.3 Å². The Morgan fingerprint density at radius 2 is 2.10 bits per heavy atom. The molecule has 1 saturated carbocycles. The van der Waals surface area contributed by atoms with E-state index in [-0.39, 0.29) is 17.4 Å². The van der Waals surface area contributed by atoms with Gasteiger partial charge >= 0.3 is 0 Å². The second-order valence-electron chi connectivity index (χ2n) is 6.13. The van der Waals surface area contributed by atoms with E-state index < -0.39 is 0 Å². The summed E-state index contributed by atoms with van der Waals surface area (Å²) in [7, 11) is 0. The molecular formula is C17H26N2O. The van der Waals surface area contributed by atoms with Crippen LogP contribution in [0.15, 0.2) is 30.3 Å². The zero-order chi connectivity index (χ0) is 14.6. The van der Waals surface area contributed by atoms with Crippen molar-refractivity contribution in [2.45, 2.75) is 51.0 Å². The van der Waals surface area contributed by atoms with Crippen molar-refractivity contribution in [3.05, 3.63) is 35.9 Å². The van der Waals surface area contributed by atoms with Crippen molar-refractivity contribution in [2.75, 3.05) is 6.54 Å². The predicted octanol–water partition coefficient (Wildman–Crippen LogP) is 2.81. The first kappa shape index (κ1) is 15.0. The summed E-state index contributed by atoms with van der Waals surface area (Å²) in [6, 6.07) is 9.92. The molecule has 1 aromatic carbocycles. The molecule has 110 valence electrons. The van der Waals surface area contributed by atoms with E-state index in [2.05, 4.69) is 12.2 Å². The molecule has 20 heavy (non-hydrogen) atoms. The smallest absolute Gasteiger partial charge is 0.227 e. The maximum Gasteiger partial charge on any atom is 0.227 e. The van der Waals surface area contributed by atoms with Gasteiger partial charge in [0.25, 0.3) is 0 Å². The Morgan fingerprint density at radius 3 is 2.70 bits per heavy atom. The molecule has 3 unspecified atom stereocenters. The lowest BCUT2D eigenvalue weighted by Crippen LogP contribution is -2.59. The quantitative estimate of drug-likeness (QED) is 0.887. The third-order valence-corrected chi connectivity index (χ3v) is 4.88. The molecule has 0 aliphatic heterocycles. The number of nitrogens with two attached hydrogens (primary N) is 1. The highest BCUT2D eigenvalue weighted by atomic mass is 16.2. The SMILES string of the molecule is CC(C(=O)NC1(CN)CCCCC1C)c1ccccc1. The summed E-state index contributed by atoms with van der Waals surface area (Å²) in [5.74, 6) is 0.414. The normalized spacial score (nSPS) is 27.9. The van der Waals surface area contributed by atoms with Crippen molar-refractivity contribution in [1.29, 1.82) is 0 Å². The molecule has 1 aliphatic carbocycles. The second-order valence-corrected chi connectivity index (χ2v) is 6.13. The van der Waals surface area contributed by atoms with Crippen LogP contribution in [-0.4, -0.2) is 18.0 Å². The molecule has 0 aromatic heterocycles. The van der Waals surface area contributed by atoms with E-state index >= 15 is 0 Å². The second kappa shape index (κ2) is 6.40. The van der Waals surface area contributed by atoms with Crippen LogP contribution in [0.3, 0.4) is 0 Å². The first-order valence-corrected chi connectivity index (χ1v) is 7.66. The number of hydrogen-bond acceptors (Lipinski definition) is 2. The van der Waals surface area contributed by atoms with Gasteiger partial charge in [0.05, 0.1) is 11.5 Å². The molecule has 0 heterocycles. The largest absolute Gasteiger partial charge is 0.349 e. The molecule has 3 heteroatoms. The zero-order valence-electron chi connectivity index (χ0n) is 12.6. The van der Waals surface area contributed by atoms with Gasteiger partial charge in [-0.1, -0.05) is 50.1 Å². The molecule has 0 bridgehead atoms. The Bertz CT molecular complexity index is 446. The van der Waals surface area contributed by atoms with E-state index in [0.29, 0.717) is 12.5 Å². The van der Waals surface area contributed by atoms with Crippen LogP contribution in [0.2, 0.25) is 0 Å². The van der Waals surface area contributed by atoms with E-state index in [0.717, 1.165) is 24.8 Å². The summed E-state index contributed by atoms with van der Waals surface area (Å²) in [5.41, 5.74) is 6.85. The van der Waals surface area contributed by atoms with Crippen LogP contribution in [0, 0.1) is 5.92 Å². The number of rotatable bonds is 4. The van der Waals surface area contributed by atoms with Crippen LogP contribution >= 0.6 is 0 Å². The maximum absolute atomic E-state index is 12.6. The summed E-state index contributed by atoms with van der Waals surface area (Å²) in [5, 5.41) is 3.27. The van der Waals surface area contributed by atoms with Crippen LogP contribution < -0.4 is 11.1 Å². The molecule has 1 amide bonds. The number of nitrogens with one attached hydrogen (secondary N) is 1. The monoisotopic (exact) mass is 274 g/mol. The number of benzene rings is 1. The summed E-state index contributed by atoms with van der Waals surface area (Å²) in [4.78, 5) is 12.6. The van der Waals surface area contributed by atoms with Gasteiger partial charge in [0.15, 0.2) is 0 Å².